The molecule has 3 nitrogen and oxygen atoms in total. The van der Waals surface area contributed by atoms with Crippen LogP contribution in [0.4, 0.5) is 5.69 Å². The van der Waals surface area contributed by atoms with Gasteiger partial charge in [-0.2, -0.15) is 5.26 Å². The largest absolute Gasteiger partial charge is 0.314 e. The summed E-state index contributed by atoms with van der Waals surface area (Å²) >= 11 is 1.02. The van der Waals surface area contributed by atoms with Gasteiger partial charge in [-0.1, -0.05) is 17.7 Å². The van der Waals surface area contributed by atoms with Crippen LogP contribution in [0.1, 0.15) is 16.4 Å². The fourth-order valence-electron chi connectivity index (χ4n) is 1.78. The lowest BCUT2D eigenvalue weighted by Crippen LogP contribution is -2.22. The Hall–Kier alpha value is -1.47. The van der Waals surface area contributed by atoms with Crippen molar-refractivity contribution < 1.29 is 4.79 Å². The quantitative estimate of drug-likeness (QED) is 0.679. The first-order chi connectivity index (χ1) is 7.15. The summed E-state index contributed by atoms with van der Waals surface area (Å²) in [5, 5.41) is 10.3. The molecule has 1 aliphatic heterocycles. The second-order valence-corrected chi connectivity index (χ2v) is 4.44. The number of nitrogens with zero attached hydrogens (tertiary/aromatic N) is 2. The highest BCUT2D eigenvalue weighted by Crippen LogP contribution is 2.42. The van der Waals surface area contributed by atoms with Gasteiger partial charge < -0.3 is 4.90 Å². The summed E-state index contributed by atoms with van der Waals surface area (Å²) in [6, 6.07) is 5.88. The highest BCUT2D eigenvalue weighted by molar-refractivity contribution is 8.04. The minimum Gasteiger partial charge on any atom is -0.314 e. The number of rotatable bonds is 1. The molecule has 15 heavy (non-hydrogen) atoms. The van der Waals surface area contributed by atoms with E-state index in [-0.39, 0.29) is 11.2 Å². The molecule has 1 amide bonds. The molecule has 0 aromatic heterocycles. The van der Waals surface area contributed by atoms with Crippen LogP contribution in [0.25, 0.3) is 0 Å². The zero-order valence-electron chi connectivity index (χ0n) is 8.52. The minimum absolute atomic E-state index is 0.0119. The van der Waals surface area contributed by atoms with Gasteiger partial charge >= 0.3 is 0 Å². The number of hydrogen-bond donors (Lipinski definition) is 0. The number of thioether (sulfide) groups is 1. The first-order valence-electron chi connectivity index (χ1n) is 4.58. The van der Waals surface area contributed by atoms with Gasteiger partial charge in [0.05, 0.1) is 0 Å². The van der Waals surface area contributed by atoms with Crippen LogP contribution in [0.5, 0.6) is 0 Å². The maximum Gasteiger partial charge on any atom is 0.245 e. The first kappa shape index (κ1) is 10.1. The Kier molecular flexibility index (Phi) is 2.41. The molecule has 0 N–H and O–H groups in total. The van der Waals surface area contributed by atoms with Gasteiger partial charge in [0.15, 0.2) is 0 Å². The lowest BCUT2D eigenvalue weighted by Gasteiger charge is -2.09. The number of aryl methyl sites for hydroxylation is 1. The SMILES string of the molecule is Cc1ccc2c(c1)C(SC#N)C(=O)N2C. The number of thiocyanates is 1. The Morgan fingerprint density at radius 3 is 2.93 bits per heavy atom. The number of nitriles is 1. The fraction of sp³-hybridized carbons (Fsp3) is 0.273. The zero-order valence-corrected chi connectivity index (χ0v) is 9.34. The van der Waals surface area contributed by atoms with Crippen LogP contribution in [0.15, 0.2) is 18.2 Å². The molecule has 1 aromatic rings. The molecular formula is C11H10N2OS. The summed E-state index contributed by atoms with van der Waals surface area (Å²) < 4.78 is 0. The third-order valence-electron chi connectivity index (χ3n) is 2.55. The van der Waals surface area contributed by atoms with Crippen molar-refractivity contribution in [1.29, 1.82) is 5.26 Å². The summed E-state index contributed by atoms with van der Waals surface area (Å²) in [6.07, 6.45) is 0. The highest BCUT2D eigenvalue weighted by Gasteiger charge is 2.35. The summed E-state index contributed by atoms with van der Waals surface area (Å²) in [5.41, 5.74) is 2.98. The van der Waals surface area contributed by atoms with Crippen LogP contribution in [0.3, 0.4) is 0 Å². The number of likely N-dealkylation sites (N-methyl/N-ethyl adjacent to an activating group) is 1. The van der Waals surface area contributed by atoms with Crippen LogP contribution < -0.4 is 4.90 Å². The predicted octanol–water partition coefficient (Wildman–Crippen LogP) is 2.23. The van der Waals surface area contributed by atoms with E-state index in [0.717, 1.165) is 28.6 Å². The minimum atomic E-state index is -0.352. The smallest absolute Gasteiger partial charge is 0.245 e. The zero-order chi connectivity index (χ0) is 11.0. The van der Waals surface area contributed by atoms with Crippen molar-refractivity contribution in [1.82, 2.24) is 0 Å². The Morgan fingerprint density at radius 1 is 1.53 bits per heavy atom. The maximum atomic E-state index is 11.8. The number of hydrogen-bond acceptors (Lipinski definition) is 3. The molecule has 0 radical (unpaired) electrons. The van der Waals surface area contributed by atoms with Crippen molar-refractivity contribution in [3.05, 3.63) is 29.3 Å². The van der Waals surface area contributed by atoms with E-state index in [9.17, 15) is 4.79 Å². The van der Waals surface area contributed by atoms with Crippen molar-refractivity contribution in [2.45, 2.75) is 12.2 Å². The fourth-order valence-corrected chi connectivity index (χ4v) is 2.46. The molecule has 0 saturated heterocycles. The van der Waals surface area contributed by atoms with Gasteiger partial charge in [-0.25, -0.2) is 0 Å². The molecule has 0 spiro atoms. The van der Waals surface area contributed by atoms with Crippen molar-refractivity contribution in [3.63, 3.8) is 0 Å². The molecular weight excluding hydrogens is 208 g/mol. The van der Waals surface area contributed by atoms with E-state index in [4.69, 9.17) is 5.26 Å². The van der Waals surface area contributed by atoms with Crippen LogP contribution in [-0.2, 0) is 4.79 Å². The van der Waals surface area contributed by atoms with E-state index < -0.39 is 0 Å². The Balaban J connectivity index is 2.52. The molecule has 76 valence electrons. The maximum absolute atomic E-state index is 11.8. The molecule has 0 bridgehead atoms. The number of anilines is 1. The number of carbonyl (C=O) groups is 1. The van der Waals surface area contributed by atoms with Crippen LogP contribution in [0.2, 0.25) is 0 Å². The van der Waals surface area contributed by atoms with Crippen LogP contribution in [0, 0.1) is 17.6 Å². The van der Waals surface area contributed by atoms with Gasteiger partial charge in [-0.3, -0.25) is 4.79 Å². The van der Waals surface area contributed by atoms with Gasteiger partial charge in [-0.05, 0) is 30.3 Å². The molecule has 1 atom stereocenters. The van der Waals surface area contributed by atoms with Crippen molar-refractivity contribution >= 4 is 23.4 Å². The lowest BCUT2D eigenvalue weighted by molar-refractivity contribution is -0.117. The second-order valence-electron chi connectivity index (χ2n) is 3.55. The monoisotopic (exact) mass is 218 g/mol. The van der Waals surface area contributed by atoms with Crippen LogP contribution in [-0.4, -0.2) is 13.0 Å². The predicted molar refractivity (Wildman–Crippen MR) is 60.5 cm³/mol. The molecule has 1 heterocycles. The van der Waals surface area contributed by atoms with Gasteiger partial charge in [0, 0.05) is 12.7 Å². The topological polar surface area (TPSA) is 44.1 Å². The van der Waals surface area contributed by atoms with Crippen LogP contribution >= 0.6 is 11.8 Å². The van der Waals surface area contributed by atoms with Crippen molar-refractivity contribution in [3.8, 4) is 5.40 Å². The average molecular weight is 218 g/mol. The molecule has 4 heteroatoms. The van der Waals surface area contributed by atoms with Crippen molar-refractivity contribution in [2.24, 2.45) is 0 Å². The summed E-state index contributed by atoms with van der Waals surface area (Å²) in [7, 11) is 1.74. The summed E-state index contributed by atoms with van der Waals surface area (Å²) in [6.45, 7) is 1.98. The lowest BCUT2D eigenvalue weighted by atomic mass is 10.1. The molecule has 1 aliphatic rings. The third-order valence-corrected chi connectivity index (χ3v) is 3.35. The normalized spacial score (nSPS) is 18.9. The van der Waals surface area contributed by atoms with E-state index in [1.165, 1.54) is 0 Å². The van der Waals surface area contributed by atoms with Gasteiger partial charge in [0.2, 0.25) is 5.91 Å². The third kappa shape index (κ3) is 1.49. The molecule has 1 unspecified atom stereocenters. The molecule has 1 aromatic carbocycles. The van der Waals surface area contributed by atoms with E-state index in [2.05, 4.69) is 0 Å². The van der Waals surface area contributed by atoms with Crippen molar-refractivity contribution in [2.75, 3.05) is 11.9 Å². The summed E-state index contributed by atoms with van der Waals surface area (Å²) in [5.74, 6) is -0.0119. The van der Waals surface area contributed by atoms with E-state index in [1.54, 1.807) is 11.9 Å². The standard InChI is InChI=1S/C11H10N2OS/c1-7-3-4-9-8(5-7)10(15-6-12)11(14)13(9)2/h3-5,10H,1-2H3. The van der Waals surface area contributed by atoms with Gasteiger partial charge in [0.1, 0.15) is 10.7 Å². The average Bonchev–Trinajstić information content (AvgIpc) is 2.44. The van der Waals surface area contributed by atoms with Gasteiger partial charge in [-0.15, -0.1) is 0 Å². The molecule has 2 rings (SSSR count). The highest BCUT2D eigenvalue weighted by atomic mass is 32.2. The molecule has 0 fully saturated rings. The number of benzene rings is 1. The number of carbonyl (C=O) groups excluding carboxylic acids is 1. The van der Waals surface area contributed by atoms with E-state index in [1.807, 2.05) is 30.5 Å². The first-order valence-corrected chi connectivity index (χ1v) is 5.46. The summed E-state index contributed by atoms with van der Waals surface area (Å²) in [4.78, 5) is 13.4. The number of fused-ring (bicyclic) bond motifs is 1. The Labute approximate surface area is 92.7 Å². The van der Waals surface area contributed by atoms with E-state index in [0.29, 0.717) is 0 Å². The second kappa shape index (κ2) is 3.59. The van der Waals surface area contributed by atoms with E-state index >= 15 is 0 Å². The number of amides is 1. The molecule has 0 aliphatic carbocycles. The van der Waals surface area contributed by atoms with Gasteiger partial charge in [0.25, 0.3) is 0 Å². The Morgan fingerprint density at radius 2 is 2.27 bits per heavy atom. The molecule has 0 saturated carbocycles. The Bertz CT molecular complexity index is 464.